The van der Waals surface area contributed by atoms with E-state index in [4.69, 9.17) is 0 Å². The van der Waals surface area contributed by atoms with E-state index in [0.29, 0.717) is 0 Å². The molecule has 0 saturated heterocycles. The third-order valence-corrected chi connectivity index (χ3v) is 7.48. The lowest BCUT2D eigenvalue weighted by atomic mass is 10.5. The first kappa shape index (κ1) is 31.8. The van der Waals surface area contributed by atoms with Crippen LogP contribution in [0.4, 0.5) is 0 Å². The first-order valence-electron chi connectivity index (χ1n) is 10.5. The average molecular weight is 595 g/mol. The fourth-order valence-corrected chi connectivity index (χ4v) is 4.52. The normalized spacial score (nSPS) is 8.83. The van der Waals surface area contributed by atoms with E-state index in [1.165, 1.54) is 49.9 Å². The van der Waals surface area contributed by atoms with Crippen molar-refractivity contribution in [3.05, 3.63) is 101 Å². The van der Waals surface area contributed by atoms with E-state index >= 15 is 0 Å². The van der Waals surface area contributed by atoms with Gasteiger partial charge in [0.2, 0.25) is 0 Å². The Morgan fingerprint density at radius 2 is 1.50 bits per heavy atom. The summed E-state index contributed by atoms with van der Waals surface area (Å²) in [7, 11) is 0. The van der Waals surface area contributed by atoms with Crippen LogP contribution in [0.3, 0.4) is 0 Å². The summed E-state index contributed by atoms with van der Waals surface area (Å²) in [6.45, 7) is 12.1. The fourth-order valence-electron chi connectivity index (χ4n) is 1.66. The molecule has 0 fully saturated rings. The molecular formula is C24H30N6S6. The van der Waals surface area contributed by atoms with Gasteiger partial charge in [-0.25, -0.2) is 8.75 Å². The van der Waals surface area contributed by atoms with Crippen LogP contribution in [0.5, 0.6) is 0 Å². The molecule has 0 aliphatic heterocycles. The van der Waals surface area contributed by atoms with Crippen LogP contribution in [0.2, 0.25) is 0 Å². The maximum Gasteiger partial charge on any atom is 0.0893 e. The Balaban J connectivity index is 0.000000216. The second-order valence-corrected chi connectivity index (χ2v) is 12.0. The molecule has 0 aliphatic carbocycles. The van der Waals surface area contributed by atoms with Crippen molar-refractivity contribution in [1.82, 2.24) is 28.1 Å². The third-order valence-electron chi connectivity index (χ3n) is 3.36. The molecular weight excluding hydrogens is 565 g/mol. The molecule has 0 aromatic carbocycles. The Morgan fingerprint density at radius 1 is 0.667 bits per heavy atom. The maximum atomic E-state index is 3.96. The number of rotatable bonds is 0. The van der Waals surface area contributed by atoms with Crippen molar-refractivity contribution in [1.29, 1.82) is 0 Å². The minimum absolute atomic E-state index is 1.11. The smallest absolute Gasteiger partial charge is 0.0893 e. The van der Waals surface area contributed by atoms with Crippen molar-refractivity contribution in [2.24, 2.45) is 0 Å². The van der Waals surface area contributed by atoms with E-state index < -0.39 is 0 Å². The molecule has 0 bridgehead atoms. The van der Waals surface area contributed by atoms with Gasteiger partial charge in [-0.2, -0.15) is 4.37 Å². The van der Waals surface area contributed by atoms with Crippen molar-refractivity contribution in [3.8, 4) is 0 Å². The van der Waals surface area contributed by atoms with Gasteiger partial charge in [-0.3, -0.25) is 15.0 Å². The Kier molecular flexibility index (Phi) is 18.5. The van der Waals surface area contributed by atoms with Gasteiger partial charge >= 0.3 is 0 Å². The zero-order valence-corrected chi connectivity index (χ0v) is 26.0. The van der Waals surface area contributed by atoms with Gasteiger partial charge in [-0.05, 0) is 93.8 Å². The minimum Gasteiger partial charge on any atom is -0.253 e. The number of aryl methyl sites for hydroxylation is 6. The molecule has 12 heteroatoms. The SMILES string of the molecule is Cc1ccns1.Cc1ccsn1.Cc1cncs1.Cc1cnsc1.Cc1cscn1.Cc1nccs1. The van der Waals surface area contributed by atoms with Crippen LogP contribution in [0.25, 0.3) is 0 Å². The molecule has 6 aromatic heterocycles. The average Bonchev–Trinajstić information content (AvgIpc) is 3.67. The van der Waals surface area contributed by atoms with Gasteiger partial charge in [0.25, 0.3) is 0 Å². The molecule has 0 aliphatic rings. The zero-order chi connectivity index (χ0) is 26.4. The lowest BCUT2D eigenvalue weighted by Crippen LogP contribution is -1.59. The Labute approximate surface area is 238 Å². The third kappa shape index (κ3) is 19.0. The summed E-state index contributed by atoms with van der Waals surface area (Å²) < 4.78 is 11.7. The molecule has 0 amide bonds. The highest BCUT2D eigenvalue weighted by Crippen LogP contribution is 2.00. The van der Waals surface area contributed by atoms with Crippen LogP contribution in [0.1, 0.15) is 31.7 Å². The van der Waals surface area contributed by atoms with Crippen LogP contribution in [-0.4, -0.2) is 28.1 Å². The molecule has 0 saturated carbocycles. The summed E-state index contributed by atoms with van der Waals surface area (Å²) in [4.78, 5) is 14.3. The summed E-state index contributed by atoms with van der Waals surface area (Å²) in [6, 6.07) is 3.98. The molecule has 6 rings (SSSR count). The van der Waals surface area contributed by atoms with Crippen molar-refractivity contribution in [2.45, 2.75) is 41.5 Å². The van der Waals surface area contributed by atoms with E-state index in [9.17, 15) is 0 Å². The highest BCUT2D eigenvalue weighted by atomic mass is 32.1. The summed E-state index contributed by atoms with van der Waals surface area (Å²) in [5.41, 5.74) is 7.13. The molecule has 6 nitrogen and oxygen atoms in total. The molecule has 6 heterocycles. The molecule has 0 spiro atoms. The van der Waals surface area contributed by atoms with Crippen molar-refractivity contribution < 1.29 is 0 Å². The van der Waals surface area contributed by atoms with Crippen molar-refractivity contribution >= 4 is 68.6 Å². The molecule has 0 atom stereocenters. The van der Waals surface area contributed by atoms with Gasteiger partial charge in [0.1, 0.15) is 0 Å². The number of aromatic nitrogens is 6. The quantitative estimate of drug-likeness (QED) is 0.175. The van der Waals surface area contributed by atoms with E-state index in [-0.39, 0.29) is 0 Å². The highest BCUT2D eigenvalue weighted by molar-refractivity contribution is 7.09. The number of hydrogen-bond donors (Lipinski definition) is 0. The van der Waals surface area contributed by atoms with Crippen LogP contribution in [0.15, 0.2) is 69.5 Å². The van der Waals surface area contributed by atoms with Gasteiger partial charge in [0.05, 0.1) is 21.7 Å². The van der Waals surface area contributed by atoms with E-state index in [1.807, 2.05) is 98.6 Å². The van der Waals surface area contributed by atoms with Crippen LogP contribution in [0, 0.1) is 41.5 Å². The second kappa shape index (κ2) is 20.9. The molecule has 6 aromatic rings. The predicted molar refractivity (Wildman–Crippen MR) is 161 cm³/mol. The fraction of sp³-hybridized carbons (Fsp3) is 0.250. The lowest BCUT2D eigenvalue weighted by molar-refractivity contribution is 1.27. The van der Waals surface area contributed by atoms with Gasteiger partial charge in [-0.15, -0.1) is 34.0 Å². The van der Waals surface area contributed by atoms with Gasteiger partial charge in [0.15, 0.2) is 0 Å². The monoisotopic (exact) mass is 594 g/mol. The Hall–Kier alpha value is -2.22. The molecule has 0 N–H and O–H groups in total. The molecule has 0 unspecified atom stereocenters. The zero-order valence-electron chi connectivity index (χ0n) is 21.1. The summed E-state index contributed by atoms with van der Waals surface area (Å²) in [5.74, 6) is 0. The minimum atomic E-state index is 1.11. The standard InChI is InChI=1S/6C4H5NS/c1-4-2-6-3-5-4;1-4-2-5-3-6-4;1-4-2-5-6-3-4;1-4-5-2-3-6-4;1-4-2-3-6-5-4;1-4-2-3-5-6-4/h6*2-3H,1H3. The van der Waals surface area contributed by atoms with E-state index in [1.54, 1.807) is 46.4 Å². The lowest BCUT2D eigenvalue weighted by Gasteiger charge is -1.65. The molecule has 36 heavy (non-hydrogen) atoms. The maximum absolute atomic E-state index is 3.96. The predicted octanol–water partition coefficient (Wildman–Crippen LogP) is 8.71. The Morgan fingerprint density at radius 3 is 1.67 bits per heavy atom. The van der Waals surface area contributed by atoms with Crippen LogP contribution >= 0.6 is 68.6 Å². The van der Waals surface area contributed by atoms with Crippen LogP contribution < -0.4 is 0 Å². The topological polar surface area (TPSA) is 77.3 Å². The number of thiazole rings is 3. The first-order valence-corrected chi connectivity index (χ1v) is 15.7. The van der Waals surface area contributed by atoms with Gasteiger partial charge in [0, 0.05) is 61.8 Å². The van der Waals surface area contributed by atoms with Gasteiger partial charge < -0.3 is 0 Å². The van der Waals surface area contributed by atoms with Gasteiger partial charge in [-0.1, -0.05) is 0 Å². The largest absolute Gasteiger partial charge is 0.253 e. The summed E-state index contributed by atoms with van der Waals surface area (Å²) in [6.07, 6.45) is 7.31. The van der Waals surface area contributed by atoms with Crippen molar-refractivity contribution in [3.63, 3.8) is 0 Å². The number of hydrogen-bond acceptors (Lipinski definition) is 12. The van der Waals surface area contributed by atoms with Crippen molar-refractivity contribution in [2.75, 3.05) is 0 Å². The van der Waals surface area contributed by atoms with Crippen LogP contribution in [-0.2, 0) is 0 Å². The highest BCUT2D eigenvalue weighted by Gasteiger charge is 1.79. The second-order valence-electron chi connectivity index (χ2n) is 6.76. The van der Waals surface area contributed by atoms with E-state index in [2.05, 4.69) is 28.1 Å². The molecule has 192 valence electrons. The van der Waals surface area contributed by atoms with E-state index in [0.717, 1.165) is 16.4 Å². The summed E-state index contributed by atoms with van der Waals surface area (Å²) in [5, 5.41) is 9.10. The number of nitrogens with zero attached hydrogens (tertiary/aromatic N) is 6. The summed E-state index contributed by atoms with van der Waals surface area (Å²) >= 11 is 9.47. The molecule has 0 radical (unpaired) electrons. The Bertz CT molecular complexity index is 917. The first-order chi connectivity index (χ1) is 17.4.